The molecule has 2 heterocycles. The van der Waals surface area contributed by atoms with Crippen molar-refractivity contribution in [1.29, 1.82) is 0 Å². The number of nitrogens with zero attached hydrogens (tertiary/aromatic N) is 3. The summed E-state index contributed by atoms with van der Waals surface area (Å²) in [5.41, 5.74) is 0.775. The lowest BCUT2D eigenvalue weighted by Crippen LogP contribution is -2.39. The van der Waals surface area contributed by atoms with Crippen LogP contribution in [0, 0.1) is 5.92 Å². The van der Waals surface area contributed by atoms with Crippen LogP contribution in [-0.4, -0.2) is 55.8 Å². The van der Waals surface area contributed by atoms with Crippen LogP contribution in [0.1, 0.15) is 31.4 Å². The van der Waals surface area contributed by atoms with Crippen LogP contribution in [0.25, 0.3) is 0 Å². The minimum atomic E-state index is -0.374. The molecule has 1 atom stereocenters. The van der Waals surface area contributed by atoms with Crippen molar-refractivity contribution in [3.63, 3.8) is 0 Å². The van der Waals surface area contributed by atoms with Crippen LogP contribution in [-0.2, 0) is 14.3 Å². The number of hydrogen-bond donors (Lipinski definition) is 1. The zero-order chi connectivity index (χ0) is 22.2. The summed E-state index contributed by atoms with van der Waals surface area (Å²) in [6.07, 6.45) is 4.67. The molecule has 1 amide bonds. The van der Waals surface area contributed by atoms with Gasteiger partial charge in [0.2, 0.25) is 5.95 Å². The van der Waals surface area contributed by atoms with Gasteiger partial charge in [-0.2, -0.15) is 0 Å². The monoisotopic (exact) mass is 428 g/mol. The molecule has 9 nitrogen and oxygen atoms in total. The van der Waals surface area contributed by atoms with Gasteiger partial charge in [0.05, 0.1) is 26.2 Å². The van der Waals surface area contributed by atoms with Crippen molar-refractivity contribution in [2.75, 3.05) is 38.8 Å². The molecule has 31 heavy (non-hydrogen) atoms. The lowest BCUT2D eigenvalue weighted by Gasteiger charge is -2.30. The first-order valence-corrected chi connectivity index (χ1v) is 10.2. The summed E-state index contributed by atoms with van der Waals surface area (Å²) in [5, 5.41) is 2.83. The van der Waals surface area contributed by atoms with Gasteiger partial charge in [-0.1, -0.05) is 0 Å². The van der Waals surface area contributed by atoms with Crippen LogP contribution in [0.3, 0.4) is 0 Å². The predicted octanol–water partition coefficient (Wildman–Crippen LogP) is 2.13. The van der Waals surface area contributed by atoms with E-state index in [0.29, 0.717) is 43.4 Å². The minimum Gasteiger partial charge on any atom is -0.497 e. The summed E-state index contributed by atoms with van der Waals surface area (Å²) in [6.45, 7) is 2.85. The fourth-order valence-electron chi connectivity index (χ4n) is 3.56. The highest BCUT2D eigenvalue weighted by Gasteiger charge is 2.28. The van der Waals surface area contributed by atoms with Gasteiger partial charge in [-0.25, -0.2) is 9.97 Å². The Morgan fingerprint density at radius 1 is 1.16 bits per heavy atom. The van der Waals surface area contributed by atoms with E-state index in [4.69, 9.17) is 14.2 Å². The van der Waals surface area contributed by atoms with Crippen LogP contribution in [0.5, 0.6) is 11.5 Å². The molecule has 0 radical (unpaired) electrons. The Morgan fingerprint density at radius 2 is 1.87 bits per heavy atom. The van der Waals surface area contributed by atoms with E-state index in [-0.39, 0.29) is 30.4 Å². The van der Waals surface area contributed by atoms with E-state index in [1.807, 2.05) is 11.8 Å². The number of nitrogens with one attached hydrogen (secondary N) is 1. The van der Waals surface area contributed by atoms with E-state index < -0.39 is 0 Å². The van der Waals surface area contributed by atoms with Crippen molar-refractivity contribution >= 4 is 17.8 Å². The topological polar surface area (TPSA) is 103 Å². The smallest absolute Gasteiger partial charge is 0.309 e. The second-order valence-corrected chi connectivity index (χ2v) is 7.31. The van der Waals surface area contributed by atoms with E-state index in [9.17, 15) is 9.59 Å². The van der Waals surface area contributed by atoms with Gasteiger partial charge < -0.3 is 24.4 Å². The fraction of sp³-hybridized carbons (Fsp3) is 0.455. The highest BCUT2D eigenvalue weighted by atomic mass is 16.5. The molecule has 0 saturated carbocycles. The van der Waals surface area contributed by atoms with Crippen LogP contribution < -0.4 is 19.7 Å². The Bertz CT molecular complexity index is 885. The van der Waals surface area contributed by atoms with Gasteiger partial charge in [0.15, 0.2) is 6.61 Å². The SMILES string of the molecule is COc1ccc(OC)c(C(C)NC(=O)COC(=O)C2CCN(c3ncccn3)CC2)c1. The quantitative estimate of drug-likeness (QED) is 0.638. The van der Waals surface area contributed by atoms with Gasteiger partial charge >= 0.3 is 5.97 Å². The summed E-state index contributed by atoms with van der Waals surface area (Å²) in [4.78, 5) is 35.2. The number of methoxy groups -OCH3 is 2. The van der Waals surface area contributed by atoms with Crippen LogP contribution in [0.4, 0.5) is 5.95 Å². The zero-order valence-corrected chi connectivity index (χ0v) is 18.0. The maximum atomic E-state index is 12.4. The standard InChI is InChI=1S/C22H28N4O5/c1-15(18-13-17(29-2)5-6-19(18)30-3)25-20(27)14-31-21(28)16-7-11-26(12-8-16)22-23-9-4-10-24-22/h4-6,9-10,13,15-16H,7-8,11-12,14H2,1-3H3,(H,25,27). The fourth-order valence-corrected chi connectivity index (χ4v) is 3.56. The van der Waals surface area contributed by atoms with E-state index in [0.717, 1.165) is 5.56 Å². The number of carbonyl (C=O) groups is 2. The first kappa shape index (κ1) is 22.3. The lowest BCUT2D eigenvalue weighted by atomic mass is 9.97. The molecule has 1 fully saturated rings. The van der Waals surface area contributed by atoms with Gasteiger partial charge in [0.25, 0.3) is 5.91 Å². The number of carbonyl (C=O) groups excluding carboxylic acids is 2. The molecule has 1 unspecified atom stereocenters. The first-order valence-electron chi connectivity index (χ1n) is 10.2. The average Bonchev–Trinajstić information content (AvgIpc) is 2.82. The summed E-state index contributed by atoms with van der Waals surface area (Å²) in [6, 6.07) is 6.80. The van der Waals surface area contributed by atoms with Gasteiger partial charge in [-0.15, -0.1) is 0 Å². The largest absolute Gasteiger partial charge is 0.497 e. The van der Waals surface area contributed by atoms with Crippen molar-refractivity contribution in [3.05, 3.63) is 42.2 Å². The van der Waals surface area contributed by atoms with Crippen molar-refractivity contribution in [2.45, 2.75) is 25.8 Å². The number of piperidine rings is 1. The summed E-state index contributed by atoms with van der Waals surface area (Å²) in [5.74, 6) is 1.01. The molecule has 1 aromatic carbocycles. The Balaban J connectivity index is 1.46. The third-order valence-electron chi connectivity index (χ3n) is 5.29. The van der Waals surface area contributed by atoms with Gasteiger partial charge in [-0.3, -0.25) is 9.59 Å². The first-order chi connectivity index (χ1) is 15.0. The highest BCUT2D eigenvalue weighted by molar-refractivity contribution is 5.81. The molecule has 1 aliphatic rings. The van der Waals surface area contributed by atoms with Crippen molar-refractivity contribution in [3.8, 4) is 11.5 Å². The van der Waals surface area contributed by atoms with E-state index >= 15 is 0 Å². The van der Waals surface area contributed by atoms with Crippen molar-refractivity contribution < 1.29 is 23.8 Å². The lowest BCUT2D eigenvalue weighted by molar-refractivity contribution is -0.153. The maximum absolute atomic E-state index is 12.4. The summed E-state index contributed by atoms with van der Waals surface area (Å²) >= 11 is 0. The molecule has 2 aromatic rings. The third-order valence-corrected chi connectivity index (χ3v) is 5.29. The van der Waals surface area contributed by atoms with E-state index in [1.54, 1.807) is 50.9 Å². The molecule has 166 valence electrons. The van der Waals surface area contributed by atoms with Crippen molar-refractivity contribution in [2.24, 2.45) is 5.92 Å². The number of aromatic nitrogens is 2. The molecule has 1 aromatic heterocycles. The number of anilines is 1. The molecule has 9 heteroatoms. The third kappa shape index (κ3) is 5.84. The van der Waals surface area contributed by atoms with E-state index in [1.165, 1.54) is 0 Å². The minimum absolute atomic E-state index is 0.233. The number of hydrogen-bond acceptors (Lipinski definition) is 8. The molecule has 1 saturated heterocycles. The zero-order valence-electron chi connectivity index (χ0n) is 18.0. The number of rotatable bonds is 8. The van der Waals surface area contributed by atoms with Crippen molar-refractivity contribution in [1.82, 2.24) is 15.3 Å². The second kappa shape index (κ2) is 10.6. The Hall–Kier alpha value is -3.36. The second-order valence-electron chi connectivity index (χ2n) is 7.31. The number of benzene rings is 1. The maximum Gasteiger partial charge on any atom is 0.309 e. The Kier molecular flexibility index (Phi) is 7.64. The number of amides is 1. The molecule has 1 aliphatic heterocycles. The van der Waals surface area contributed by atoms with E-state index in [2.05, 4.69) is 15.3 Å². The van der Waals surface area contributed by atoms with Crippen LogP contribution in [0.2, 0.25) is 0 Å². The van der Waals surface area contributed by atoms with Crippen LogP contribution in [0.15, 0.2) is 36.7 Å². The average molecular weight is 428 g/mol. The predicted molar refractivity (Wildman–Crippen MR) is 114 cm³/mol. The summed E-state index contributed by atoms with van der Waals surface area (Å²) < 4.78 is 15.9. The molecule has 0 bridgehead atoms. The Morgan fingerprint density at radius 3 is 2.52 bits per heavy atom. The normalized spacial score (nSPS) is 15.1. The molecule has 0 aliphatic carbocycles. The molecular weight excluding hydrogens is 400 g/mol. The van der Waals surface area contributed by atoms with Gasteiger partial charge in [0, 0.05) is 31.0 Å². The van der Waals surface area contributed by atoms with Crippen LogP contribution >= 0.6 is 0 Å². The number of esters is 1. The highest BCUT2D eigenvalue weighted by Crippen LogP contribution is 2.29. The van der Waals surface area contributed by atoms with Gasteiger partial charge in [0.1, 0.15) is 11.5 Å². The molecule has 1 N–H and O–H groups in total. The Labute approximate surface area is 181 Å². The van der Waals surface area contributed by atoms with Gasteiger partial charge in [-0.05, 0) is 44.0 Å². The summed E-state index contributed by atoms with van der Waals surface area (Å²) in [7, 11) is 3.14. The number of ether oxygens (including phenoxy) is 3. The molecule has 0 spiro atoms. The molecule has 3 rings (SSSR count). The molecular formula is C22H28N4O5.